The molecular formula is C65H59F2N9O7. The van der Waals surface area contributed by atoms with Crippen molar-refractivity contribution in [3.63, 3.8) is 0 Å². The number of halogens is 2. The molecule has 6 aromatic carbocycles. The van der Waals surface area contributed by atoms with E-state index in [1.54, 1.807) is 48.0 Å². The second kappa shape index (κ2) is 23.6. The number of nitrogen functional groups attached to an aromatic ring is 2. The van der Waals surface area contributed by atoms with Crippen LogP contribution in [-0.2, 0) is 6.54 Å². The van der Waals surface area contributed by atoms with Gasteiger partial charge in [0, 0.05) is 11.1 Å². The molecule has 11 aromatic rings. The maximum absolute atomic E-state index is 15.0. The molecule has 18 heteroatoms. The van der Waals surface area contributed by atoms with E-state index in [0.29, 0.717) is 96.1 Å². The van der Waals surface area contributed by atoms with Crippen LogP contribution in [0.4, 0.5) is 20.4 Å². The molecule has 0 unspecified atom stereocenters. The van der Waals surface area contributed by atoms with Crippen molar-refractivity contribution >= 4 is 50.3 Å². The molecule has 0 spiro atoms. The minimum atomic E-state index is -0.849. The van der Waals surface area contributed by atoms with Crippen LogP contribution < -0.4 is 31.8 Å². The Hall–Kier alpha value is -9.94. The van der Waals surface area contributed by atoms with Gasteiger partial charge in [-0.15, -0.1) is 0 Å². The third-order valence-electron chi connectivity index (χ3n) is 13.8. The highest BCUT2D eigenvalue weighted by atomic mass is 19.1. The van der Waals surface area contributed by atoms with E-state index in [9.17, 15) is 19.1 Å². The number of anilines is 2. The Balaban J connectivity index is 0.000000154. The number of aliphatic hydroxyl groups is 1. The van der Waals surface area contributed by atoms with Gasteiger partial charge >= 0.3 is 0 Å². The van der Waals surface area contributed by atoms with Crippen LogP contribution in [0.5, 0.6) is 11.5 Å². The number of ether oxygens (including phenoxy) is 2. The Bertz CT molecular complexity index is 4390. The Labute approximate surface area is 475 Å². The van der Waals surface area contributed by atoms with Gasteiger partial charge in [0.1, 0.15) is 64.8 Å². The average Bonchev–Trinajstić information content (AvgIpc) is 4.31. The van der Waals surface area contributed by atoms with Crippen molar-refractivity contribution in [3.8, 4) is 45.0 Å². The molecule has 1 aliphatic heterocycles. The van der Waals surface area contributed by atoms with Crippen LogP contribution >= 0.6 is 0 Å². The van der Waals surface area contributed by atoms with Crippen molar-refractivity contribution in [1.29, 1.82) is 0 Å². The molecule has 83 heavy (non-hydrogen) atoms. The highest BCUT2D eigenvalue weighted by Gasteiger charge is 2.29. The van der Waals surface area contributed by atoms with E-state index in [1.807, 2.05) is 133 Å². The molecule has 2 atom stereocenters. The summed E-state index contributed by atoms with van der Waals surface area (Å²) >= 11 is 0. The third kappa shape index (κ3) is 11.3. The smallest absolute Gasteiger partial charge is 0.201 e. The minimum Gasteiger partial charge on any atom is -0.488 e. The highest BCUT2D eigenvalue weighted by molar-refractivity contribution is 6.17. The molecule has 0 saturated heterocycles. The van der Waals surface area contributed by atoms with Gasteiger partial charge in [0.2, 0.25) is 10.9 Å². The number of nitrogens with zero attached hydrogens (tertiary/aromatic N) is 7. The molecule has 420 valence electrons. The molecule has 0 amide bonds. The van der Waals surface area contributed by atoms with Gasteiger partial charge < -0.3 is 34.9 Å². The number of nitrogens with two attached hydrogens (primary N) is 2. The number of aromatic nitrogens is 6. The summed E-state index contributed by atoms with van der Waals surface area (Å²) in [4.78, 5) is 48.1. The first-order chi connectivity index (χ1) is 39.9. The zero-order valence-electron chi connectivity index (χ0n) is 46.8. The molecule has 0 radical (unpaired) electrons. The minimum absolute atomic E-state index is 0.0843. The van der Waals surface area contributed by atoms with E-state index in [0.717, 1.165) is 27.9 Å². The predicted octanol–water partition coefficient (Wildman–Crippen LogP) is 12.9. The maximum Gasteiger partial charge on any atom is 0.201 e. The number of hydrogen-bond donors (Lipinski definition) is 3. The van der Waals surface area contributed by atoms with Crippen molar-refractivity contribution in [1.82, 2.24) is 29.7 Å². The Morgan fingerprint density at radius 3 is 1.61 bits per heavy atom. The lowest BCUT2D eigenvalue weighted by molar-refractivity contribution is 0.171. The van der Waals surface area contributed by atoms with Crippen molar-refractivity contribution in [3.05, 3.63) is 218 Å². The molecule has 12 rings (SSSR count). The Morgan fingerprint density at radius 1 is 0.566 bits per heavy atom. The summed E-state index contributed by atoms with van der Waals surface area (Å²) in [6, 6.07) is 38.5. The lowest BCUT2D eigenvalue weighted by Crippen LogP contribution is -2.17. The molecule has 0 aliphatic carbocycles. The summed E-state index contributed by atoms with van der Waals surface area (Å²) in [7, 11) is 0. The number of aryl methyl sites for hydroxylation is 2. The summed E-state index contributed by atoms with van der Waals surface area (Å²) in [6.07, 6.45) is 1.65. The molecule has 0 bridgehead atoms. The normalized spacial score (nSPS) is 12.6. The average molecular weight is 1120 g/mol. The van der Waals surface area contributed by atoms with Gasteiger partial charge in [0.05, 0.1) is 63.0 Å². The maximum atomic E-state index is 15.0. The standard InChI is InChI=1S/C32H28FN5O3.C18H16O3.C15H15FN4O/c1-17(2)40-23-14-13-21(15-22(23)33)28-27-31(34)35-16-36-32(27)38(37-28)19(4)30-26(20-10-6-5-7-11-20)29(39)25-18(3)9-8-12-24(25)41-30;1-11-7-6-10-14-15(11)17(20)16(18(21-14)12(2)19)13-8-4-3-5-9-13;1-8(2)21-12-4-3-9(5-10(12)16)14-13-11(6-18-14)19-7-20-15(13)17/h5-17,19H,1-4H3,(H2,34,35,36);3-10,12,19H,1-2H3;3-5,7-8H,6H2,1-2H3,(H2,17,19,20)/t19-;12-;/m01./s1. The van der Waals surface area contributed by atoms with Gasteiger partial charge in [-0.05, 0) is 126 Å². The van der Waals surface area contributed by atoms with Crippen LogP contribution in [0, 0.1) is 25.5 Å². The Morgan fingerprint density at radius 2 is 1.07 bits per heavy atom. The molecule has 5 aromatic heterocycles. The molecule has 6 heterocycles. The summed E-state index contributed by atoms with van der Waals surface area (Å²) in [5, 5.41) is 16.4. The summed E-state index contributed by atoms with van der Waals surface area (Å²) < 4.78 is 54.0. The topological polar surface area (TPSA) is 233 Å². The predicted molar refractivity (Wildman–Crippen MR) is 319 cm³/mol. The van der Waals surface area contributed by atoms with Crippen LogP contribution in [0.3, 0.4) is 0 Å². The fourth-order valence-electron chi connectivity index (χ4n) is 10.0. The van der Waals surface area contributed by atoms with Gasteiger partial charge in [-0.1, -0.05) is 84.9 Å². The van der Waals surface area contributed by atoms with E-state index >= 15 is 4.39 Å². The molecule has 0 saturated carbocycles. The van der Waals surface area contributed by atoms with Crippen LogP contribution in [0.25, 0.3) is 66.5 Å². The van der Waals surface area contributed by atoms with Crippen LogP contribution in [-0.4, -0.2) is 52.7 Å². The van der Waals surface area contributed by atoms with Gasteiger partial charge in [-0.2, -0.15) is 5.10 Å². The fraction of sp³-hybridized carbons (Fsp3) is 0.200. The quantitative estimate of drug-likeness (QED) is 0.109. The first-order valence-corrected chi connectivity index (χ1v) is 26.9. The van der Waals surface area contributed by atoms with E-state index in [1.165, 1.54) is 24.8 Å². The zero-order chi connectivity index (χ0) is 58.8. The molecule has 0 fully saturated rings. The lowest BCUT2D eigenvalue weighted by Gasteiger charge is -2.17. The summed E-state index contributed by atoms with van der Waals surface area (Å²) in [6.45, 7) is 15.1. The first-order valence-electron chi connectivity index (χ1n) is 26.9. The largest absolute Gasteiger partial charge is 0.488 e. The van der Waals surface area contributed by atoms with Gasteiger partial charge in [-0.3, -0.25) is 14.6 Å². The van der Waals surface area contributed by atoms with Gasteiger partial charge in [-0.25, -0.2) is 33.4 Å². The van der Waals surface area contributed by atoms with Crippen LogP contribution in [0.2, 0.25) is 0 Å². The van der Waals surface area contributed by atoms with E-state index in [4.69, 9.17) is 34.9 Å². The van der Waals surface area contributed by atoms with Crippen LogP contribution in [0.15, 0.2) is 170 Å². The SMILES string of the molecule is CC(C)Oc1ccc(C2=NCc3ncnc(N)c32)cc1F.Cc1cccc2oc([C@@H](C)O)c(-c3ccccc3)c(=O)c12.Cc1cccc2oc([C@H](C)n3nc(-c4ccc(OC(C)C)c(F)c4)c4c(N)ncnc43)c(-c3ccccc3)c(=O)c12. The van der Waals surface area contributed by atoms with E-state index in [-0.39, 0.29) is 40.4 Å². The number of aliphatic imine (C=N–C) groups is 1. The number of hydrogen-bond acceptors (Lipinski definition) is 15. The van der Waals surface area contributed by atoms with Crippen LogP contribution in [0.1, 0.15) is 93.2 Å². The first kappa shape index (κ1) is 56.3. The van der Waals surface area contributed by atoms with Gasteiger partial charge in [0.15, 0.2) is 28.8 Å². The van der Waals surface area contributed by atoms with Crippen molar-refractivity contribution in [2.45, 2.75) is 86.3 Å². The monoisotopic (exact) mass is 1120 g/mol. The molecule has 5 N–H and O–H groups in total. The molecule has 16 nitrogen and oxygen atoms in total. The summed E-state index contributed by atoms with van der Waals surface area (Å²) in [5.74, 6) is 0.709. The van der Waals surface area contributed by atoms with Crippen molar-refractivity contribution in [2.24, 2.45) is 4.99 Å². The second-order valence-corrected chi connectivity index (χ2v) is 20.4. The van der Waals surface area contributed by atoms with Crippen molar-refractivity contribution in [2.75, 3.05) is 11.5 Å². The number of benzene rings is 6. The van der Waals surface area contributed by atoms with Crippen molar-refractivity contribution < 1.29 is 32.2 Å². The lowest BCUT2D eigenvalue weighted by atomic mass is 9.98. The molecule has 1 aliphatic rings. The highest BCUT2D eigenvalue weighted by Crippen LogP contribution is 2.38. The van der Waals surface area contributed by atoms with E-state index in [2.05, 4.69) is 24.9 Å². The number of aliphatic hydroxyl groups excluding tert-OH is 1. The summed E-state index contributed by atoms with van der Waals surface area (Å²) in [5.41, 5.74) is 21.0. The Kier molecular flexibility index (Phi) is 16.0. The van der Waals surface area contributed by atoms with E-state index < -0.39 is 23.8 Å². The van der Waals surface area contributed by atoms with Gasteiger partial charge in [0.25, 0.3) is 0 Å². The second-order valence-electron chi connectivity index (χ2n) is 20.4. The number of rotatable bonds is 11. The fourth-order valence-corrected chi connectivity index (χ4v) is 10.0. The third-order valence-corrected chi connectivity index (χ3v) is 13.8. The number of fused-ring (bicyclic) bond motifs is 4. The molecular weight excluding hydrogens is 1060 g/mol. The zero-order valence-corrected chi connectivity index (χ0v) is 46.8.